The summed E-state index contributed by atoms with van der Waals surface area (Å²) in [6.45, 7) is 24.2. The lowest BCUT2D eigenvalue weighted by Crippen LogP contribution is -2.40. The smallest absolute Gasteiger partial charge is 0.410 e. The SMILES string of the molecule is CC1CN(C(=O)CO)Cc2c1[nH]c1c(F)c(Cl)cc(-c3ccn(C)n3)c21.CC1CN(C(=O)OC(C)(C)C)Cc2c1[nH]c1c(F)c(Cl)cc(-c3ccn(C)n3)c21.CC1CN(Cc2ccccc2)Cc2c1[nH]c1c(F)c(Cl)cc(-c3ccn(C)n3)c21.CC1CN(Cc2ccccc2)Cc2c1[nH]c1c(F)c(Cl)cc(Br)c21.CSF.C[C@@H]1CN(C(=O)CO)Cc2c1[nH]c1c(F)c(Cl)cc(-c3ccn(C)n3)c21.Cc1ccn(C)n1. The number of H-pyrrole nitrogens is 5. The summed E-state index contributed by atoms with van der Waals surface area (Å²) < 4.78 is 98.9. The monoisotopic (exact) mass is 2150 g/mol. The number of ether oxygens (including phenoxy) is 1. The molecule has 7 N–H and O–H groups in total. The Kier molecular flexibility index (Phi) is 32.0. The van der Waals surface area contributed by atoms with Crippen molar-refractivity contribution in [1.29, 1.82) is 0 Å². The average molecular weight is 2150 g/mol. The van der Waals surface area contributed by atoms with Crippen LogP contribution in [0.4, 0.5) is 30.6 Å². The minimum Gasteiger partial charge on any atom is -0.444 e. The van der Waals surface area contributed by atoms with Crippen LogP contribution >= 0.6 is 86.1 Å². The van der Waals surface area contributed by atoms with Gasteiger partial charge in [-0.1, -0.05) is 169 Å². The fourth-order valence-electron chi connectivity index (χ4n) is 20.0. The van der Waals surface area contributed by atoms with E-state index >= 15 is 0 Å². The summed E-state index contributed by atoms with van der Waals surface area (Å²) in [5, 5.41) is 44.5. The summed E-state index contributed by atoms with van der Waals surface area (Å²) in [7, 11) is 9.23. The van der Waals surface area contributed by atoms with E-state index < -0.39 is 42.1 Å². The van der Waals surface area contributed by atoms with Gasteiger partial charge >= 0.3 is 6.09 Å². The van der Waals surface area contributed by atoms with Crippen molar-refractivity contribution in [2.24, 2.45) is 35.2 Å². The van der Waals surface area contributed by atoms with Gasteiger partial charge in [-0.05, 0) is 111 Å². The molecule has 5 aliphatic rings. The van der Waals surface area contributed by atoms with Crippen molar-refractivity contribution >= 4 is 159 Å². The van der Waals surface area contributed by atoms with Crippen LogP contribution in [-0.2, 0) is 95.4 Å². The number of hydrogen-bond donors (Lipinski definition) is 7. The van der Waals surface area contributed by atoms with Crippen LogP contribution in [0.5, 0.6) is 0 Å². The number of rotatable bonds is 10. The minimum absolute atomic E-state index is 0.00609. The Hall–Kier alpha value is -11.8. The molecule has 7 aromatic carbocycles. The number of nitrogens with zero attached hydrogens (tertiary/aromatic N) is 15. The first kappa shape index (κ1) is 105. The number of amides is 3. The molecule has 3 amide bonds. The van der Waals surface area contributed by atoms with E-state index in [0.717, 1.165) is 139 Å². The Morgan fingerprint density at radius 1 is 0.410 bits per heavy atom. The van der Waals surface area contributed by atoms with Crippen molar-refractivity contribution < 1.29 is 55.2 Å². The molecule has 0 saturated heterocycles. The van der Waals surface area contributed by atoms with Crippen molar-refractivity contribution in [2.45, 2.75) is 143 Å². The number of fused-ring (bicyclic) bond motifs is 15. The second-order valence-electron chi connectivity index (χ2n) is 38.2. The zero-order chi connectivity index (χ0) is 103. The number of aromatic nitrogens is 15. The van der Waals surface area contributed by atoms with Gasteiger partial charge in [-0.15, -0.1) is 0 Å². The van der Waals surface area contributed by atoms with E-state index in [1.807, 2.05) is 157 Å². The van der Waals surface area contributed by atoms with Crippen LogP contribution in [0.2, 0.25) is 25.1 Å². The molecule has 26 nitrogen and oxygen atoms in total. The van der Waals surface area contributed by atoms with Gasteiger partial charge in [0, 0.05) is 285 Å². The van der Waals surface area contributed by atoms with Crippen molar-refractivity contribution in [3.63, 3.8) is 0 Å². The maximum Gasteiger partial charge on any atom is 0.410 e. The highest BCUT2D eigenvalue weighted by Gasteiger charge is 2.39. The number of benzene rings is 7. The summed E-state index contributed by atoms with van der Waals surface area (Å²) in [5.74, 6) is -2.42. The zero-order valence-electron chi connectivity index (χ0n) is 81.9. The van der Waals surface area contributed by atoms with Gasteiger partial charge in [0.25, 0.3) is 0 Å². The molecule has 756 valence electrons. The number of aromatic amines is 5. The van der Waals surface area contributed by atoms with Crippen LogP contribution < -0.4 is 0 Å². The number of aliphatic hydroxyl groups is 2. The van der Waals surface area contributed by atoms with E-state index in [9.17, 15) is 50.4 Å². The van der Waals surface area contributed by atoms with Crippen LogP contribution in [0.1, 0.15) is 158 Å². The number of aryl methyl sites for hydroxylation is 6. The highest BCUT2D eigenvalue weighted by atomic mass is 79.9. The second-order valence-corrected chi connectivity index (χ2v) is 41.4. The normalized spacial score (nSPS) is 16.6. The first-order valence-corrected chi connectivity index (χ1v) is 50.6. The lowest BCUT2D eigenvalue weighted by atomic mass is 9.93. The van der Waals surface area contributed by atoms with Crippen molar-refractivity contribution in [2.75, 3.05) is 52.2 Å². The van der Waals surface area contributed by atoms with Crippen LogP contribution in [0.25, 0.3) is 99.5 Å². The number of halogens is 12. The number of nitrogens with one attached hydrogen (secondary N) is 5. The maximum atomic E-state index is 15.0. The molecule has 22 rings (SSSR count). The quantitative estimate of drug-likeness (QED) is 0.0495. The highest BCUT2D eigenvalue weighted by molar-refractivity contribution is 9.10. The van der Waals surface area contributed by atoms with Gasteiger partial charge in [-0.25, -0.2) is 26.7 Å². The van der Waals surface area contributed by atoms with Crippen LogP contribution in [0.15, 0.2) is 157 Å². The zero-order valence-corrected chi connectivity index (χ0v) is 88.1. The Morgan fingerprint density at radius 2 is 0.674 bits per heavy atom. The molecule has 15 heterocycles. The van der Waals surface area contributed by atoms with Gasteiger partial charge in [-0.3, -0.25) is 42.8 Å². The van der Waals surface area contributed by atoms with Gasteiger partial charge in [0.2, 0.25) is 11.8 Å². The lowest BCUT2D eigenvalue weighted by Gasteiger charge is -2.33. The summed E-state index contributed by atoms with van der Waals surface area (Å²) in [4.78, 5) is 62.6. The van der Waals surface area contributed by atoms with Gasteiger partial charge in [-0.2, -0.15) is 29.4 Å². The van der Waals surface area contributed by atoms with E-state index in [-0.39, 0.29) is 84.7 Å². The fraction of sp³-hybridized carbons (Fsp3) is 0.333. The molecule has 144 heavy (non-hydrogen) atoms. The maximum absolute atomic E-state index is 15.0. The number of carbonyl (C=O) groups excluding carboxylic acids is 3. The van der Waals surface area contributed by atoms with Gasteiger partial charge in [0.1, 0.15) is 18.8 Å². The molecule has 39 heteroatoms. The lowest BCUT2D eigenvalue weighted by molar-refractivity contribution is -0.136. The number of aliphatic hydroxyl groups excluding tert-OH is 2. The Balaban J connectivity index is 0.000000126. The molecule has 4 unspecified atom stereocenters. The predicted molar refractivity (Wildman–Crippen MR) is 560 cm³/mol. The molecule has 0 saturated carbocycles. The fourth-order valence-corrected chi connectivity index (χ4v) is 21.8. The highest BCUT2D eigenvalue weighted by Crippen LogP contribution is 2.49. The summed E-state index contributed by atoms with van der Waals surface area (Å²) in [6, 6.07) is 38.5. The molecule has 5 aliphatic heterocycles. The van der Waals surface area contributed by atoms with Gasteiger partial charge in [0.15, 0.2) is 29.1 Å². The largest absolute Gasteiger partial charge is 0.444 e. The van der Waals surface area contributed by atoms with E-state index in [1.165, 1.54) is 22.9 Å². The van der Waals surface area contributed by atoms with E-state index in [2.05, 4.69) is 139 Å². The van der Waals surface area contributed by atoms with Crippen molar-refractivity contribution in [3.8, 4) is 45.0 Å². The summed E-state index contributed by atoms with van der Waals surface area (Å²) in [6.07, 6.45) is 10.3. The summed E-state index contributed by atoms with van der Waals surface area (Å²) >= 11 is 34.5. The molecule has 0 aliphatic carbocycles. The third-order valence-electron chi connectivity index (χ3n) is 26.2. The third kappa shape index (κ3) is 22.0. The second kappa shape index (κ2) is 43.9. The van der Waals surface area contributed by atoms with Gasteiger partial charge < -0.3 is 54.6 Å². The van der Waals surface area contributed by atoms with Crippen LogP contribution in [0, 0.1) is 36.0 Å². The summed E-state index contributed by atoms with van der Waals surface area (Å²) in [5.41, 5.74) is 20.7. The average Bonchev–Trinajstić information content (AvgIpc) is 1.58. The molecule has 0 bridgehead atoms. The number of carbonyl (C=O) groups is 3. The van der Waals surface area contributed by atoms with Gasteiger partial charge in [0.05, 0.1) is 87.7 Å². The predicted octanol–water partition coefficient (Wildman–Crippen LogP) is 24.1. The minimum atomic E-state index is -0.584. The molecule has 0 radical (unpaired) electrons. The molecule has 0 spiro atoms. The Labute approximate surface area is 865 Å². The van der Waals surface area contributed by atoms with E-state index in [4.69, 9.17) is 62.7 Å². The first-order chi connectivity index (χ1) is 68.6. The van der Waals surface area contributed by atoms with Crippen LogP contribution in [0.3, 0.4) is 0 Å². The van der Waals surface area contributed by atoms with Crippen LogP contribution in [-0.4, -0.2) is 184 Å². The Bertz CT molecular complexity index is 7470. The Morgan fingerprint density at radius 3 is 0.944 bits per heavy atom. The van der Waals surface area contributed by atoms with E-state index in [0.29, 0.717) is 106 Å². The standard InChI is InChI=1S/C23H22ClFN4.C21H24ClFN4O2.C19H17BrClFN2.2C18H18ClFN4O2.C5H8N2.CH3FS/c1-14-11-29(12-15-6-4-3-5-7-15)13-17-20-16(19-8-9-28(2)27-19)10-18(24)21(25)23(20)26-22(14)17;1-11-9-27(20(28)29-21(2,3)4)10-13-16-12(15-6-7-26(5)25-15)8-14(22)17(23)19(16)24-18(11)13;1-11-8-24(9-12-5-3-2-4-6-12)10-13-16-14(20)7-15(21)17(22)19(16)23-18(11)13;2*1-9-6-24(14(26)8-25)7-11-15-10(13-3-4-23(2)22-13)5-12(19)16(20)18(15)21-17(9)11;1-5-3-4-7(2)6-5;1-3-2/h3-10,14,26H,11-13H2,1-2H3;6-8,11,24H,9-10H2,1-5H3;2-7,11,23H,8-10H2,1H3;2*3-5,9,21,25H,6-8H2,1-2H3;3-4H,1-2H3;1H3/t;;;9-;;;/m...1.../s1. The van der Waals surface area contributed by atoms with E-state index in [1.54, 1.807) is 68.4 Å². The van der Waals surface area contributed by atoms with Crippen molar-refractivity contribution in [1.82, 2.24) is 98.3 Å². The van der Waals surface area contributed by atoms with Crippen molar-refractivity contribution in [3.05, 3.63) is 284 Å². The molecule has 5 atom stereocenters. The third-order valence-corrected chi connectivity index (χ3v) is 28.2. The topological polar surface area (TPSA) is 285 Å². The molecule has 0 fully saturated rings. The number of hydrogen-bond acceptors (Lipinski definition) is 14. The molecule has 10 aromatic heterocycles. The molecule has 17 aromatic rings. The first-order valence-electron chi connectivity index (χ1n) is 46.8. The molecular weight excluding hydrogens is 2040 g/mol. The molecular formula is C105H110BrCl5F6N20O6S.